The van der Waals surface area contributed by atoms with Gasteiger partial charge >= 0.3 is 0 Å². The number of nitrogens with two attached hydrogens (primary N) is 1. The monoisotopic (exact) mass is 288 g/mol. The fraction of sp³-hybridized carbons (Fsp3) is 0.0769. The van der Waals surface area contributed by atoms with Crippen LogP contribution in [0.15, 0.2) is 47.5 Å². The van der Waals surface area contributed by atoms with E-state index in [0.717, 1.165) is 5.56 Å². The Kier molecular flexibility index (Phi) is 2.81. The second-order valence-electron chi connectivity index (χ2n) is 4.40. The first-order chi connectivity index (χ1) is 9.47. The zero-order chi connectivity index (χ0) is 14.3. The quantitative estimate of drug-likeness (QED) is 0.770. The lowest BCUT2D eigenvalue weighted by Crippen LogP contribution is -2.16. The van der Waals surface area contributed by atoms with Crippen LogP contribution in [0.25, 0.3) is 16.9 Å². The molecule has 0 amide bonds. The molecule has 3 aromatic rings. The molecule has 7 heteroatoms. The second-order valence-corrected chi connectivity index (χ2v) is 5.88. The molecule has 2 N–H and O–H groups in total. The summed E-state index contributed by atoms with van der Waals surface area (Å²) in [5, 5.41) is 9.48. The number of nitrogens with zero attached hydrogens (tertiary/aromatic N) is 3. The van der Waals surface area contributed by atoms with Crippen LogP contribution < -0.4 is 5.14 Å². The summed E-state index contributed by atoms with van der Waals surface area (Å²) >= 11 is 0. The summed E-state index contributed by atoms with van der Waals surface area (Å²) in [6.45, 7) is 1.59. The Hall–Kier alpha value is -2.25. The molecule has 0 saturated carbocycles. The Bertz CT molecular complexity index is 885. The average molecular weight is 288 g/mol. The topological polar surface area (TPSA) is 90.3 Å². The number of imidazole rings is 1. The van der Waals surface area contributed by atoms with Gasteiger partial charge in [0.15, 0.2) is 10.7 Å². The number of aryl methyl sites for hydroxylation is 1. The van der Waals surface area contributed by atoms with Gasteiger partial charge in [-0.2, -0.15) is 5.10 Å². The lowest BCUT2D eigenvalue weighted by molar-refractivity contribution is 0.589. The SMILES string of the molecule is Cc1nc2ccc(-c3ccccc3)nn2c1S(N)(=O)=O. The summed E-state index contributed by atoms with van der Waals surface area (Å²) in [6, 6.07) is 13.0. The molecule has 0 unspecified atom stereocenters. The molecular formula is C13H12N4O2S. The van der Waals surface area contributed by atoms with E-state index in [0.29, 0.717) is 17.0 Å². The van der Waals surface area contributed by atoms with Gasteiger partial charge in [-0.1, -0.05) is 30.3 Å². The van der Waals surface area contributed by atoms with Gasteiger partial charge in [0.2, 0.25) is 0 Å². The summed E-state index contributed by atoms with van der Waals surface area (Å²) in [6.07, 6.45) is 0. The number of primary sulfonamides is 1. The van der Waals surface area contributed by atoms with Crippen LogP contribution in [0.4, 0.5) is 0 Å². The largest absolute Gasteiger partial charge is 0.257 e. The highest BCUT2D eigenvalue weighted by Gasteiger charge is 2.20. The lowest BCUT2D eigenvalue weighted by Gasteiger charge is -2.03. The van der Waals surface area contributed by atoms with E-state index in [1.54, 1.807) is 19.1 Å². The Labute approximate surface area is 115 Å². The van der Waals surface area contributed by atoms with Gasteiger partial charge in [0.1, 0.15) is 0 Å². The molecule has 0 bridgehead atoms. The number of sulfonamides is 1. The van der Waals surface area contributed by atoms with Crippen LogP contribution in [-0.4, -0.2) is 23.0 Å². The molecule has 3 rings (SSSR count). The maximum Gasteiger partial charge on any atom is 0.257 e. The van der Waals surface area contributed by atoms with Crippen LogP contribution in [0.1, 0.15) is 5.69 Å². The first-order valence-corrected chi connectivity index (χ1v) is 7.46. The number of fused-ring (bicyclic) bond motifs is 1. The molecule has 6 nitrogen and oxygen atoms in total. The number of hydrogen-bond donors (Lipinski definition) is 1. The fourth-order valence-corrected chi connectivity index (χ4v) is 2.95. The van der Waals surface area contributed by atoms with Gasteiger partial charge in [0.05, 0.1) is 11.4 Å². The van der Waals surface area contributed by atoms with Crippen molar-refractivity contribution in [3.8, 4) is 11.3 Å². The highest BCUT2D eigenvalue weighted by atomic mass is 32.2. The molecular weight excluding hydrogens is 276 g/mol. The molecule has 102 valence electrons. The van der Waals surface area contributed by atoms with Gasteiger partial charge in [-0.15, -0.1) is 0 Å². The molecule has 0 aliphatic rings. The molecule has 2 heterocycles. The highest BCUT2D eigenvalue weighted by molar-refractivity contribution is 7.89. The van der Waals surface area contributed by atoms with Crippen LogP contribution >= 0.6 is 0 Å². The predicted octanol–water partition coefficient (Wildman–Crippen LogP) is 1.35. The van der Waals surface area contributed by atoms with E-state index >= 15 is 0 Å². The minimum atomic E-state index is -3.88. The van der Waals surface area contributed by atoms with E-state index < -0.39 is 10.0 Å². The maximum absolute atomic E-state index is 11.7. The average Bonchev–Trinajstić information content (AvgIpc) is 2.74. The normalized spacial score (nSPS) is 11.9. The number of aromatic nitrogens is 3. The van der Waals surface area contributed by atoms with Gasteiger partial charge in [0, 0.05) is 5.56 Å². The molecule has 0 atom stereocenters. The third kappa shape index (κ3) is 2.06. The number of benzene rings is 1. The number of rotatable bonds is 2. The molecule has 0 aliphatic heterocycles. The molecule has 1 aromatic carbocycles. The van der Waals surface area contributed by atoms with Gasteiger partial charge in [-0.3, -0.25) is 0 Å². The van der Waals surface area contributed by atoms with Crippen molar-refractivity contribution in [1.82, 2.24) is 14.6 Å². The van der Waals surface area contributed by atoms with Crippen molar-refractivity contribution in [3.05, 3.63) is 48.2 Å². The first kappa shape index (κ1) is 12.8. The highest BCUT2D eigenvalue weighted by Crippen LogP contribution is 2.20. The maximum atomic E-state index is 11.7. The smallest absolute Gasteiger partial charge is 0.231 e. The zero-order valence-electron chi connectivity index (χ0n) is 10.7. The van der Waals surface area contributed by atoms with Gasteiger partial charge in [-0.25, -0.2) is 23.1 Å². The molecule has 0 radical (unpaired) electrons. The van der Waals surface area contributed by atoms with E-state index in [4.69, 9.17) is 5.14 Å². The minimum Gasteiger partial charge on any atom is -0.231 e. The van der Waals surface area contributed by atoms with E-state index in [1.807, 2.05) is 30.3 Å². The van der Waals surface area contributed by atoms with Crippen LogP contribution in [0, 0.1) is 6.92 Å². The van der Waals surface area contributed by atoms with E-state index in [9.17, 15) is 8.42 Å². The Morgan fingerprint density at radius 1 is 1.10 bits per heavy atom. The minimum absolute atomic E-state index is 0.0784. The van der Waals surface area contributed by atoms with Crippen molar-refractivity contribution < 1.29 is 8.42 Å². The third-order valence-electron chi connectivity index (χ3n) is 2.94. The van der Waals surface area contributed by atoms with Crippen molar-refractivity contribution in [2.75, 3.05) is 0 Å². The number of hydrogen-bond acceptors (Lipinski definition) is 4. The molecule has 20 heavy (non-hydrogen) atoms. The van der Waals surface area contributed by atoms with Crippen molar-refractivity contribution >= 4 is 15.7 Å². The van der Waals surface area contributed by atoms with E-state index in [1.165, 1.54) is 4.52 Å². The Morgan fingerprint density at radius 2 is 1.80 bits per heavy atom. The summed E-state index contributed by atoms with van der Waals surface area (Å²) in [7, 11) is -3.88. The van der Waals surface area contributed by atoms with Gasteiger partial charge in [-0.05, 0) is 19.1 Å². The summed E-state index contributed by atoms with van der Waals surface area (Å²) < 4.78 is 24.6. The lowest BCUT2D eigenvalue weighted by atomic mass is 10.1. The van der Waals surface area contributed by atoms with Gasteiger partial charge in [0.25, 0.3) is 10.0 Å². The standard InChI is InChI=1S/C13H12N4O2S/c1-9-13(20(14,18)19)17-12(15-9)8-7-11(16-17)10-5-3-2-4-6-10/h2-8H,1H3,(H2,14,18,19). The third-order valence-corrected chi connectivity index (χ3v) is 3.95. The van der Waals surface area contributed by atoms with Crippen molar-refractivity contribution in [2.24, 2.45) is 5.14 Å². The molecule has 0 saturated heterocycles. The van der Waals surface area contributed by atoms with Crippen LogP contribution in [0.2, 0.25) is 0 Å². The molecule has 0 spiro atoms. The van der Waals surface area contributed by atoms with Crippen molar-refractivity contribution in [2.45, 2.75) is 11.9 Å². The predicted molar refractivity (Wildman–Crippen MR) is 74.5 cm³/mol. The molecule has 0 fully saturated rings. The Balaban J connectivity index is 2.31. The zero-order valence-corrected chi connectivity index (χ0v) is 11.5. The van der Waals surface area contributed by atoms with Crippen molar-refractivity contribution in [3.63, 3.8) is 0 Å². The van der Waals surface area contributed by atoms with Crippen LogP contribution in [0.5, 0.6) is 0 Å². The molecule has 2 aromatic heterocycles. The van der Waals surface area contributed by atoms with Gasteiger partial charge < -0.3 is 0 Å². The second kappa shape index (κ2) is 4.39. The van der Waals surface area contributed by atoms with Crippen molar-refractivity contribution in [1.29, 1.82) is 0 Å². The van der Waals surface area contributed by atoms with Crippen LogP contribution in [-0.2, 0) is 10.0 Å². The van der Waals surface area contributed by atoms with E-state index in [2.05, 4.69) is 10.1 Å². The fourth-order valence-electron chi connectivity index (χ4n) is 2.11. The van der Waals surface area contributed by atoms with E-state index in [-0.39, 0.29) is 5.03 Å². The summed E-state index contributed by atoms with van der Waals surface area (Å²) in [4.78, 5) is 4.16. The summed E-state index contributed by atoms with van der Waals surface area (Å²) in [5.41, 5.74) is 2.33. The summed E-state index contributed by atoms with van der Waals surface area (Å²) in [5.74, 6) is 0. The Morgan fingerprint density at radius 3 is 2.45 bits per heavy atom. The van der Waals surface area contributed by atoms with Crippen LogP contribution in [0.3, 0.4) is 0 Å². The first-order valence-electron chi connectivity index (χ1n) is 5.91. The molecule has 0 aliphatic carbocycles.